The summed E-state index contributed by atoms with van der Waals surface area (Å²) in [4.78, 5) is 4.15. The zero-order chi connectivity index (χ0) is 17.5. The van der Waals surface area contributed by atoms with Crippen LogP contribution in [0.15, 0.2) is 36.7 Å². The van der Waals surface area contributed by atoms with Gasteiger partial charge in [-0.2, -0.15) is 0 Å². The van der Waals surface area contributed by atoms with E-state index in [-0.39, 0.29) is 5.41 Å². The van der Waals surface area contributed by atoms with Crippen molar-refractivity contribution in [3.05, 3.63) is 53.1 Å². The first-order valence-corrected chi connectivity index (χ1v) is 8.29. The molecule has 2 heterocycles. The van der Waals surface area contributed by atoms with Crippen molar-refractivity contribution in [1.82, 2.24) is 9.55 Å². The molecule has 24 heavy (non-hydrogen) atoms. The second-order valence-corrected chi connectivity index (χ2v) is 7.70. The Balaban J connectivity index is 2.17. The van der Waals surface area contributed by atoms with Gasteiger partial charge in [0, 0.05) is 41.9 Å². The third-order valence-corrected chi connectivity index (χ3v) is 4.12. The number of benzene rings is 1. The summed E-state index contributed by atoms with van der Waals surface area (Å²) in [6.07, 6.45) is 3.55. The first-order valence-electron chi connectivity index (χ1n) is 7.92. The van der Waals surface area contributed by atoms with Gasteiger partial charge in [-0.15, -0.1) is 0 Å². The number of nitrogens with zero attached hydrogens (tertiary/aromatic N) is 2. The van der Waals surface area contributed by atoms with Crippen LogP contribution in [-0.4, -0.2) is 9.55 Å². The fourth-order valence-corrected chi connectivity index (χ4v) is 3.09. The molecule has 0 radical (unpaired) electrons. The molecule has 2 aromatic heterocycles. The first kappa shape index (κ1) is 16.9. The molecule has 0 saturated carbocycles. The molecule has 2 N–H and O–H groups in total. The van der Waals surface area contributed by atoms with Crippen LogP contribution < -0.4 is 5.73 Å². The zero-order valence-corrected chi connectivity index (χ0v) is 14.9. The lowest BCUT2D eigenvalue weighted by Crippen LogP contribution is -2.14. The Labute approximate surface area is 146 Å². The van der Waals surface area contributed by atoms with Crippen LogP contribution in [0.3, 0.4) is 0 Å². The van der Waals surface area contributed by atoms with E-state index < -0.39 is 5.82 Å². The molecule has 0 atom stereocenters. The van der Waals surface area contributed by atoms with Crippen LogP contribution >= 0.6 is 11.6 Å². The van der Waals surface area contributed by atoms with E-state index in [2.05, 4.69) is 36.5 Å². The van der Waals surface area contributed by atoms with Crippen LogP contribution in [0.5, 0.6) is 0 Å². The van der Waals surface area contributed by atoms with Crippen LogP contribution in [0.4, 0.5) is 4.39 Å². The lowest BCUT2D eigenvalue weighted by atomic mass is 9.97. The Morgan fingerprint density at radius 3 is 2.62 bits per heavy atom. The van der Waals surface area contributed by atoms with E-state index in [4.69, 9.17) is 17.3 Å². The summed E-state index contributed by atoms with van der Waals surface area (Å²) in [6.45, 7) is 7.88. The van der Waals surface area contributed by atoms with Gasteiger partial charge in [0.2, 0.25) is 0 Å². The fourth-order valence-electron chi connectivity index (χ4n) is 2.95. The minimum atomic E-state index is -0.421. The molecule has 0 unspecified atom stereocenters. The van der Waals surface area contributed by atoms with Gasteiger partial charge in [-0.05, 0) is 23.1 Å². The Hall–Kier alpha value is -1.91. The number of pyridine rings is 1. The van der Waals surface area contributed by atoms with E-state index in [1.165, 1.54) is 12.3 Å². The fraction of sp³-hybridized carbons (Fsp3) is 0.316. The van der Waals surface area contributed by atoms with Gasteiger partial charge >= 0.3 is 0 Å². The molecule has 0 spiro atoms. The van der Waals surface area contributed by atoms with E-state index in [0.717, 1.165) is 28.6 Å². The molecule has 3 rings (SSSR count). The highest BCUT2D eigenvalue weighted by molar-refractivity contribution is 6.30. The predicted octanol–water partition coefficient (Wildman–Crippen LogP) is 5.00. The van der Waals surface area contributed by atoms with Gasteiger partial charge in [0.1, 0.15) is 5.69 Å². The average Bonchev–Trinajstić information content (AvgIpc) is 2.82. The first-order chi connectivity index (χ1) is 11.3. The summed E-state index contributed by atoms with van der Waals surface area (Å²) in [6, 6.07) is 7.12. The van der Waals surface area contributed by atoms with Gasteiger partial charge in [0.25, 0.3) is 0 Å². The van der Waals surface area contributed by atoms with E-state index in [1.807, 2.05) is 18.2 Å². The number of halogens is 2. The largest absolute Gasteiger partial charge is 0.347 e. The Morgan fingerprint density at radius 1 is 1.25 bits per heavy atom. The van der Waals surface area contributed by atoms with Crippen molar-refractivity contribution >= 4 is 22.5 Å². The normalized spacial score (nSPS) is 12.1. The number of nitrogens with two attached hydrogens (primary N) is 1. The minimum Gasteiger partial charge on any atom is -0.347 e. The van der Waals surface area contributed by atoms with Gasteiger partial charge in [-0.25, -0.2) is 4.39 Å². The van der Waals surface area contributed by atoms with Crippen molar-refractivity contribution in [2.75, 3.05) is 0 Å². The molecular weight excluding hydrogens is 325 g/mol. The lowest BCUT2D eigenvalue weighted by Gasteiger charge is -2.20. The highest BCUT2D eigenvalue weighted by Crippen LogP contribution is 2.30. The lowest BCUT2D eigenvalue weighted by molar-refractivity contribution is 0.349. The van der Waals surface area contributed by atoms with Gasteiger partial charge in [0.05, 0.1) is 5.02 Å². The molecule has 0 saturated heterocycles. The van der Waals surface area contributed by atoms with E-state index in [9.17, 15) is 4.39 Å². The number of fused-ring (bicyclic) bond motifs is 1. The van der Waals surface area contributed by atoms with Crippen LogP contribution in [0.25, 0.3) is 22.2 Å². The highest BCUT2D eigenvalue weighted by Gasteiger charge is 2.16. The summed E-state index contributed by atoms with van der Waals surface area (Å²) in [5.41, 5.74) is 9.17. The van der Waals surface area contributed by atoms with Crippen LogP contribution in [-0.2, 0) is 13.1 Å². The molecule has 126 valence electrons. The highest BCUT2D eigenvalue weighted by atomic mass is 35.5. The van der Waals surface area contributed by atoms with Crippen molar-refractivity contribution in [2.45, 2.75) is 33.9 Å². The van der Waals surface area contributed by atoms with E-state index in [1.54, 1.807) is 0 Å². The number of hydrogen-bond donors (Lipinski definition) is 1. The SMILES string of the molecule is CC(C)(C)Cn1cc(CN)c2ccc(-c3ncc(Cl)cc3F)cc21. The topological polar surface area (TPSA) is 43.8 Å². The third-order valence-electron chi connectivity index (χ3n) is 3.91. The molecule has 0 fully saturated rings. The van der Waals surface area contributed by atoms with Crippen LogP contribution in [0.2, 0.25) is 5.02 Å². The Morgan fingerprint density at radius 2 is 2.00 bits per heavy atom. The molecule has 0 amide bonds. The third kappa shape index (κ3) is 3.30. The molecule has 0 aliphatic carbocycles. The molecule has 5 heteroatoms. The number of rotatable bonds is 3. The summed E-state index contributed by atoms with van der Waals surface area (Å²) >= 11 is 5.80. The zero-order valence-electron chi connectivity index (χ0n) is 14.1. The summed E-state index contributed by atoms with van der Waals surface area (Å²) in [5, 5.41) is 1.39. The maximum atomic E-state index is 14.2. The maximum Gasteiger partial charge on any atom is 0.150 e. The van der Waals surface area contributed by atoms with E-state index in [0.29, 0.717) is 17.3 Å². The molecule has 0 aliphatic rings. The van der Waals surface area contributed by atoms with Crippen LogP contribution in [0.1, 0.15) is 26.3 Å². The molecule has 0 bridgehead atoms. The molecule has 3 nitrogen and oxygen atoms in total. The minimum absolute atomic E-state index is 0.123. The Bertz CT molecular complexity index is 893. The van der Waals surface area contributed by atoms with Crippen molar-refractivity contribution in [3.8, 4) is 11.3 Å². The summed E-state index contributed by atoms with van der Waals surface area (Å²) in [7, 11) is 0. The van der Waals surface area contributed by atoms with E-state index >= 15 is 0 Å². The number of hydrogen-bond acceptors (Lipinski definition) is 2. The maximum absolute atomic E-state index is 14.2. The van der Waals surface area contributed by atoms with Crippen molar-refractivity contribution in [2.24, 2.45) is 11.1 Å². The molecule has 3 aromatic rings. The Kier molecular flexibility index (Phi) is 4.37. The molecular formula is C19H21ClFN3. The standard InChI is InChI=1S/C19H21ClFN3/c1-19(2,3)11-24-10-13(8-22)15-5-4-12(6-17(15)24)18-16(21)7-14(20)9-23-18/h4-7,9-10H,8,11,22H2,1-3H3. The van der Waals surface area contributed by atoms with Crippen LogP contribution in [0, 0.1) is 11.2 Å². The predicted molar refractivity (Wildman–Crippen MR) is 97.5 cm³/mol. The summed E-state index contributed by atoms with van der Waals surface area (Å²) < 4.78 is 16.4. The van der Waals surface area contributed by atoms with Gasteiger partial charge in [-0.1, -0.05) is 44.5 Å². The smallest absolute Gasteiger partial charge is 0.150 e. The molecule has 1 aromatic carbocycles. The summed E-state index contributed by atoms with van der Waals surface area (Å²) in [5.74, 6) is -0.421. The second kappa shape index (κ2) is 6.19. The van der Waals surface area contributed by atoms with Gasteiger partial charge < -0.3 is 10.3 Å². The van der Waals surface area contributed by atoms with Crippen molar-refractivity contribution in [1.29, 1.82) is 0 Å². The van der Waals surface area contributed by atoms with Crippen molar-refractivity contribution in [3.63, 3.8) is 0 Å². The average molecular weight is 346 g/mol. The number of aromatic nitrogens is 2. The van der Waals surface area contributed by atoms with Gasteiger partial charge in [-0.3, -0.25) is 4.98 Å². The second-order valence-electron chi connectivity index (χ2n) is 7.26. The molecule has 0 aliphatic heterocycles. The van der Waals surface area contributed by atoms with Crippen molar-refractivity contribution < 1.29 is 4.39 Å². The monoisotopic (exact) mass is 345 g/mol. The quantitative estimate of drug-likeness (QED) is 0.725. The van der Waals surface area contributed by atoms with Gasteiger partial charge in [0.15, 0.2) is 5.82 Å².